The van der Waals surface area contributed by atoms with Crippen molar-refractivity contribution in [1.82, 2.24) is 9.62 Å². The molecule has 1 aromatic rings. The first-order valence-corrected chi connectivity index (χ1v) is 11.2. The van der Waals surface area contributed by atoms with E-state index >= 15 is 0 Å². The maximum atomic E-state index is 12.5. The average Bonchev–Trinajstić information content (AvgIpc) is 3.09. The van der Waals surface area contributed by atoms with Gasteiger partial charge in [0.1, 0.15) is 0 Å². The second kappa shape index (κ2) is 8.39. The Morgan fingerprint density at radius 2 is 1.85 bits per heavy atom. The lowest BCUT2D eigenvalue weighted by Crippen LogP contribution is -2.47. The number of piperidine rings is 1. The summed E-state index contributed by atoms with van der Waals surface area (Å²) in [6.45, 7) is 5.70. The molecule has 148 valence electrons. The van der Waals surface area contributed by atoms with Crippen molar-refractivity contribution < 1.29 is 13.2 Å². The highest BCUT2D eigenvalue weighted by Gasteiger charge is 2.28. The maximum Gasteiger partial charge on any atom is 0.251 e. The Morgan fingerprint density at radius 1 is 1.19 bits per heavy atom. The van der Waals surface area contributed by atoms with Gasteiger partial charge in [0.15, 0.2) is 0 Å². The molecular weight excluding hydrogens is 364 g/mol. The first-order valence-electron chi connectivity index (χ1n) is 9.59. The van der Waals surface area contributed by atoms with Crippen LogP contribution in [-0.4, -0.2) is 55.8 Å². The lowest BCUT2D eigenvalue weighted by atomic mass is 10.1. The number of carbonyl (C=O) groups is 1. The van der Waals surface area contributed by atoms with E-state index in [-0.39, 0.29) is 17.7 Å². The molecule has 8 heteroatoms. The van der Waals surface area contributed by atoms with Gasteiger partial charge in [0.25, 0.3) is 5.91 Å². The number of hydrogen-bond acceptors (Lipinski definition) is 5. The maximum absolute atomic E-state index is 12.5. The largest absolute Gasteiger partial charge is 0.349 e. The first-order chi connectivity index (χ1) is 12.9. The van der Waals surface area contributed by atoms with Crippen LogP contribution < -0.4 is 10.3 Å². The van der Waals surface area contributed by atoms with E-state index in [2.05, 4.69) is 10.4 Å². The summed E-state index contributed by atoms with van der Waals surface area (Å²) in [7, 11) is -3.15. The molecule has 2 heterocycles. The van der Waals surface area contributed by atoms with Crippen molar-refractivity contribution in [3.8, 4) is 0 Å². The SMILES string of the molecule is CCCS(=O)(=O)N1CCC(NC(=O)c2ccc(N3CCC(C)=N3)cc2)CC1. The highest BCUT2D eigenvalue weighted by Crippen LogP contribution is 2.20. The van der Waals surface area contributed by atoms with Gasteiger partial charge in [0.2, 0.25) is 10.0 Å². The van der Waals surface area contributed by atoms with Gasteiger partial charge in [0, 0.05) is 43.4 Å². The van der Waals surface area contributed by atoms with Gasteiger partial charge in [-0.2, -0.15) is 5.10 Å². The molecule has 3 rings (SSSR count). The summed E-state index contributed by atoms with van der Waals surface area (Å²) in [5.74, 6) is 0.0780. The number of nitrogens with one attached hydrogen (secondary N) is 1. The number of amides is 1. The molecule has 0 unspecified atom stereocenters. The molecule has 7 nitrogen and oxygen atoms in total. The molecule has 1 fully saturated rings. The molecule has 1 aromatic carbocycles. The number of rotatable bonds is 6. The van der Waals surface area contributed by atoms with E-state index in [1.165, 1.54) is 0 Å². The summed E-state index contributed by atoms with van der Waals surface area (Å²) in [6, 6.07) is 7.47. The molecule has 0 spiro atoms. The van der Waals surface area contributed by atoms with Crippen LogP contribution in [0.5, 0.6) is 0 Å². The fourth-order valence-corrected chi connectivity index (χ4v) is 5.02. The third kappa shape index (κ3) is 4.87. The van der Waals surface area contributed by atoms with Gasteiger partial charge < -0.3 is 5.32 Å². The fourth-order valence-electron chi connectivity index (χ4n) is 3.48. The molecule has 0 aliphatic carbocycles. The molecule has 0 radical (unpaired) electrons. The van der Waals surface area contributed by atoms with Crippen LogP contribution in [0, 0.1) is 0 Å². The van der Waals surface area contributed by atoms with Crippen LogP contribution in [0.15, 0.2) is 29.4 Å². The molecule has 0 aromatic heterocycles. The molecule has 0 atom stereocenters. The Hall–Kier alpha value is -1.93. The summed E-state index contributed by atoms with van der Waals surface area (Å²) in [5, 5.41) is 9.44. The van der Waals surface area contributed by atoms with Crippen LogP contribution in [-0.2, 0) is 10.0 Å². The van der Waals surface area contributed by atoms with Gasteiger partial charge in [-0.1, -0.05) is 6.92 Å². The van der Waals surface area contributed by atoms with Crippen molar-refractivity contribution in [2.45, 2.75) is 45.6 Å². The predicted octanol–water partition coefficient (Wildman–Crippen LogP) is 2.21. The molecule has 1 amide bonds. The predicted molar refractivity (Wildman–Crippen MR) is 108 cm³/mol. The number of hydrogen-bond donors (Lipinski definition) is 1. The molecule has 2 aliphatic rings. The normalized spacial score (nSPS) is 19.2. The van der Waals surface area contributed by atoms with Crippen LogP contribution in [0.4, 0.5) is 5.69 Å². The lowest BCUT2D eigenvalue weighted by Gasteiger charge is -2.31. The van der Waals surface area contributed by atoms with E-state index in [1.807, 2.05) is 43.1 Å². The molecule has 1 N–H and O–H groups in total. The third-order valence-corrected chi connectivity index (χ3v) is 7.13. The lowest BCUT2D eigenvalue weighted by molar-refractivity contribution is 0.0924. The number of nitrogens with zero attached hydrogens (tertiary/aromatic N) is 3. The summed E-state index contributed by atoms with van der Waals surface area (Å²) >= 11 is 0. The zero-order valence-corrected chi connectivity index (χ0v) is 16.8. The first kappa shape index (κ1) is 19.8. The van der Waals surface area contributed by atoms with Crippen molar-refractivity contribution in [1.29, 1.82) is 0 Å². The Labute approximate surface area is 161 Å². The van der Waals surface area contributed by atoms with E-state index in [9.17, 15) is 13.2 Å². The smallest absolute Gasteiger partial charge is 0.251 e. The molecule has 2 aliphatic heterocycles. The van der Waals surface area contributed by atoms with Crippen LogP contribution in [0.25, 0.3) is 0 Å². The molecule has 0 bridgehead atoms. The summed E-state index contributed by atoms with van der Waals surface area (Å²) in [6.07, 6.45) is 2.88. The Balaban J connectivity index is 1.53. The average molecular weight is 393 g/mol. The zero-order chi connectivity index (χ0) is 19.4. The quantitative estimate of drug-likeness (QED) is 0.805. The molecule has 1 saturated heterocycles. The number of carbonyl (C=O) groups excluding carboxylic acids is 1. The number of hydrazone groups is 1. The van der Waals surface area contributed by atoms with Crippen molar-refractivity contribution in [2.24, 2.45) is 5.10 Å². The Morgan fingerprint density at radius 3 is 2.41 bits per heavy atom. The van der Waals surface area contributed by atoms with Crippen LogP contribution in [0.3, 0.4) is 0 Å². The minimum atomic E-state index is -3.15. The van der Waals surface area contributed by atoms with Crippen molar-refractivity contribution in [2.75, 3.05) is 30.4 Å². The van der Waals surface area contributed by atoms with Crippen LogP contribution in [0.1, 0.15) is 49.9 Å². The molecule has 0 saturated carbocycles. The van der Waals surface area contributed by atoms with Gasteiger partial charge in [-0.3, -0.25) is 9.80 Å². The van der Waals surface area contributed by atoms with Gasteiger partial charge in [-0.15, -0.1) is 0 Å². The summed E-state index contributed by atoms with van der Waals surface area (Å²) < 4.78 is 25.8. The molecule has 27 heavy (non-hydrogen) atoms. The van der Waals surface area contributed by atoms with Crippen molar-refractivity contribution >= 4 is 27.3 Å². The zero-order valence-electron chi connectivity index (χ0n) is 16.0. The van der Waals surface area contributed by atoms with Gasteiger partial charge >= 0.3 is 0 Å². The second-order valence-electron chi connectivity index (χ2n) is 7.22. The standard InChI is InChI=1S/C19H28N4O3S/c1-3-14-27(25,26)22-11-9-17(10-12-22)20-19(24)16-4-6-18(7-5-16)23-13-8-15(2)21-23/h4-7,17H,3,8-14H2,1-2H3,(H,20,24). The van der Waals surface area contributed by atoms with E-state index in [1.54, 1.807) is 4.31 Å². The highest BCUT2D eigenvalue weighted by molar-refractivity contribution is 7.89. The number of sulfonamides is 1. The summed E-state index contributed by atoms with van der Waals surface area (Å²) in [4.78, 5) is 12.5. The van der Waals surface area contributed by atoms with E-state index in [0.29, 0.717) is 37.9 Å². The number of benzene rings is 1. The monoisotopic (exact) mass is 392 g/mol. The minimum Gasteiger partial charge on any atom is -0.349 e. The van der Waals surface area contributed by atoms with Crippen LogP contribution >= 0.6 is 0 Å². The van der Waals surface area contributed by atoms with E-state index in [0.717, 1.165) is 24.4 Å². The minimum absolute atomic E-state index is 0.0103. The van der Waals surface area contributed by atoms with E-state index < -0.39 is 10.0 Å². The van der Waals surface area contributed by atoms with Gasteiger partial charge in [-0.05, 0) is 50.5 Å². The van der Waals surface area contributed by atoms with Crippen LogP contribution in [0.2, 0.25) is 0 Å². The molecular formula is C19H28N4O3S. The Kier molecular flexibility index (Phi) is 6.16. The summed E-state index contributed by atoms with van der Waals surface area (Å²) in [5.41, 5.74) is 2.71. The third-order valence-electron chi connectivity index (χ3n) is 5.05. The van der Waals surface area contributed by atoms with Crippen molar-refractivity contribution in [3.63, 3.8) is 0 Å². The number of anilines is 1. The van der Waals surface area contributed by atoms with Gasteiger partial charge in [-0.25, -0.2) is 12.7 Å². The van der Waals surface area contributed by atoms with Gasteiger partial charge in [0.05, 0.1) is 11.4 Å². The Bertz CT molecular complexity index is 797. The second-order valence-corrected chi connectivity index (χ2v) is 9.31. The fraction of sp³-hybridized carbons (Fsp3) is 0.579. The highest BCUT2D eigenvalue weighted by atomic mass is 32.2. The van der Waals surface area contributed by atoms with Crippen molar-refractivity contribution in [3.05, 3.63) is 29.8 Å². The topological polar surface area (TPSA) is 82.1 Å². The van der Waals surface area contributed by atoms with E-state index in [4.69, 9.17) is 0 Å².